The van der Waals surface area contributed by atoms with Crippen LogP contribution in [-0.2, 0) is 28.5 Å². The first-order valence-electron chi connectivity index (χ1n) is 16.0. The van der Waals surface area contributed by atoms with E-state index in [1.165, 1.54) is 13.8 Å². The highest BCUT2D eigenvalue weighted by molar-refractivity contribution is 5.56. The Morgan fingerprint density at radius 3 is 2.17 bits per heavy atom. The summed E-state index contributed by atoms with van der Waals surface area (Å²) < 4.78 is 28.5. The molecule has 0 aromatic rings. The third-order valence-electron chi connectivity index (χ3n) is 8.78. The summed E-state index contributed by atoms with van der Waals surface area (Å²) in [5, 5.41) is 125. The van der Waals surface area contributed by atoms with E-state index < -0.39 is 136 Å². The Labute approximate surface area is 305 Å². The Kier molecular flexibility index (Phi) is 22.4. The molecule has 1 aliphatic heterocycles. The Balaban J connectivity index is 0.0000135. The van der Waals surface area contributed by atoms with Gasteiger partial charge in [-0.1, -0.05) is 18.4 Å². The minimum atomic E-state index is -2.13. The van der Waals surface area contributed by atoms with Crippen molar-refractivity contribution >= 4 is 6.29 Å². The van der Waals surface area contributed by atoms with Gasteiger partial charge in [-0.3, -0.25) is 0 Å². The summed E-state index contributed by atoms with van der Waals surface area (Å²) in [6, 6.07) is 0. The second kappa shape index (κ2) is 23.5. The first-order valence-corrected chi connectivity index (χ1v) is 16.0. The van der Waals surface area contributed by atoms with Crippen LogP contribution in [0.15, 0.2) is 17.9 Å². The molecule has 1 heterocycles. The zero-order chi connectivity index (χ0) is 38.6. The van der Waals surface area contributed by atoms with Crippen LogP contribution >= 0.6 is 0 Å². The molecule has 0 aromatic heterocycles. The van der Waals surface area contributed by atoms with Gasteiger partial charge in [-0.25, -0.2) is 0 Å². The van der Waals surface area contributed by atoms with Gasteiger partial charge in [-0.2, -0.15) is 0 Å². The van der Waals surface area contributed by atoms with Crippen molar-refractivity contribution in [3.8, 4) is 24.2 Å². The monoisotopic (exact) mass is 770 g/mol. The summed E-state index contributed by atoms with van der Waals surface area (Å²) >= 11 is 0. The molecule has 0 amide bonds. The van der Waals surface area contributed by atoms with Gasteiger partial charge >= 0.3 is 0 Å². The van der Waals surface area contributed by atoms with E-state index in [2.05, 4.69) is 30.1 Å². The molecule has 7 unspecified atom stereocenters. The second-order valence-electron chi connectivity index (χ2n) is 12.2. The van der Waals surface area contributed by atoms with Gasteiger partial charge in [-0.05, 0) is 20.3 Å². The Morgan fingerprint density at radius 1 is 1.04 bits per heavy atom. The van der Waals surface area contributed by atoms with Crippen LogP contribution in [0.3, 0.4) is 0 Å². The topological polar surface area (TPSA) is 369 Å². The summed E-state index contributed by atoms with van der Waals surface area (Å²) in [6.07, 6.45) is -19.3. The van der Waals surface area contributed by atoms with E-state index in [-0.39, 0.29) is 29.2 Å². The van der Waals surface area contributed by atoms with Gasteiger partial charge in [0.2, 0.25) is 0 Å². The van der Waals surface area contributed by atoms with Crippen LogP contribution in [0, 0.1) is 36.0 Å². The fraction of sp³-hybridized carbons (Fsp3) is 0.758. The number of aldehydes is 1. The van der Waals surface area contributed by atoms with E-state index >= 15 is 0 Å². The average molecular weight is 771 g/mol. The number of rotatable bonds is 19. The molecular weight excluding hydrogens is 716 g/mol. The Morgan fingerprint density at radius 2 is 1.68 bits per heavy atom. The zero-order valence-electron chi connectivity index (χ0n) is 29.2. The van der Waals surface area contributed by atoms with Crippen molar-refractivity contribution in [1.82, 2.24) is 0 Å². The second-order valence-corrected chi connectivity index (χ2v) is 12.2. The first-order chi connectivity index (χ1) is 24.1. The molecule has 0 spiro atoms. The van der Waals surface area contributed by atoms with Gasteiger partial charge < -0.3 is 101 Å². The average Bonchev–Trinajstić information content (AvgIpc) is 3.11. The van der Waals surface area contributed by atoms with Crippen molar-refractivity contribution in [1.29, 1.82) is 0 Å². The molecule has 53 heavy (non-hydrogen) atoms. The van der Waals surface area contributed by atoms with Crippen molar-refractivity contribution in [3.05, 3.63) is 17.9 Å². The molecular formula is C33H54O20. The van der Waals surface area contributed by atoms with Gasteiger partial charge in [0.15, 0.2) is 18.9 Å². The highest BCUT2D eigenvalue weighted by Crippen LogP contribution is 2.42. The Hall–Kier alpha value is -2.45. The molecule has 1 saturated heterocycles. The predicted molar refractivity (Wildman–Crippen MR) is 178 cm³/mol. The van der Waals surface area contributed by atoms with Crippen LogP contribution in [0.1, 0.15) is 20.3 Å². The molecule has 17 atom stereocenters. The maximum absolute atomic E-state index is 11.6. The summed E-state index contributed by atoms with van der Waals surface area (Å²) in [5.41, 5.74) is 0.167. The fourth-order valence-electron chi connectivity index (χ4n) is 5.91. The molecule has 2 fully saturated rings. The Bertz CT molecular complexity index is 1240. The molecule has 2 aliphatic rings. The summed E-state index contributed by atoms with van der Waals surface area (Å²) in [4.78, 5) is 11.1. The number of terminal acetylenes is 1. The lowest BCUT2D eigenvalue weighted by Crippen LogP contribution is -2.64. The maximum Gasteiger partial charge on any atom is 0.187 e. The number of carbonyl (C=O) groups excluding carboxylic acids is 1. The van der Waals surface area contributed by atoms with Crippen LogP contribution in [-0.4, -0.2) is 203 Å². The van der Waals surface area contributed by atoms with Gasteiger partial charge in [0, 0.05) is 18.1 Å². The van der Waals surface area contributed by atoms with Gasteiger partial charge in [0.05, 0.1) is 44.6 Å². The molecule has 20 heteroatoms. The van der Waals surface area contributed by atoms with E-state index in [1.807, 2.05) is 0 Å². The largest absolute Gasteiger partial charge is 0.412 e. The third kappa shape index (κ3) is 12.0. The lowest BCUT2D eigenvalue weighted by molar-refractivity contribution is -0.345. The van der Waals surface area contributed by atoms with Gasteiger partial charge in [-0.15, -0.1) is 18.1 Å². The van der Waals surface area contributed by atoms with Crippen LogP contribution in [0.25, 0.3) is 0 Å². The molecule has 0 radical (unpaired) electrons. The van der Waals surface area contributed by atoms with Crippen molar-refractivity contribution < 1.29 is 101 Å². The number of hydrogen-bond acceptors (Lipinski definition) is 18. The molecule has 0 aromatic carbocycles. The molecule has 1 aliphatic carbocycles. The van der Waals surface area contributed by atoms with E-state index in [0.717, 1.165) is 0 Å². The highest BCUT2D eigenvalue weighted by atomic mass is 16.7. The zero-order valence-corrected chi connectivity index (χ0v) is 29.2. The van der Waals surface area contributed by atoms with Crippen molar-refractivity contribution in [2.24, 2.45) is 11.8 Å². The number of carbonyl (C=O) groups is 1. The molecule has 2 rings (SSSR count). The van der Waals surface area contributed by atoms with E-state index in [4.69, 9.17) is 30.1 Å². The summed E-state index contributed by atoms with van der Waals surface area (Å²) in [7, 11) is 0. The highest BCUT2D eigenvalue weighted by Gasteiger charge is 2.54. The first kappa shape index (κ1) is 50.5. The molecule has 0 bridgehead atoms. The molecule has 306 valence electrons. The minimum Gasteiger partial charge on any atom is -0.412 e. The van der Waals surface area contributed by atoms with Crippen LogP contribution < -0.4 is 0 Å². The lowest BCUT2D eigenvalue weighted by Gasteiger charge is -2.49. The third-order valence-corrected chi connectivity index (χ3v) is 8.78. The number of ether oxygens (including phenoxy) is 5. The molecule has 16 N–H and O–H groups in total. The minimum absolute atomic E-state index is 0. The SMILES string of the molecule is C#C[C@@H](C(O)C#CC)[C@H](O)[C@@H](OCCO)O[C@H]1C(O)C(O)[C@H](O[C@H]2C(=C=C)[C@](C)(O)C(O[C@@H](C(O)C(O)C=O)[C@@H](O)CO)CC2CO)O[C@H]1CO.O.O. The van der Waals surface area contributed by atoms with E-state index in [9.17, 15) is 66.1 Å². The van der Waals surface area contributed by atoms with Crippen molar-refractivity contribution in [2.75, 3.05) is 33.0 Å². The number of aliphatic hydroxyl groups excluding tert-OH is 11. The van der Waals surface area contributed by atoms with Crippen molar-refractivity contribution in [2.45, 2.75) is 112 Å². The fourth-order valence-corrected chi connectivity index (χ4v) is 5.91. The summed E-state index contributed by atoms with van der Waals surface area (Å²) in [6.45, 7) is 2.73. The smallest absolute Gasteiger partial charge is 0.187 e. The van der Waals surface area contributed by atoms with Crippen LogP contribution in [0.5, 0.6) is 0 Å². The van der Waals surface area contributed by atoms with Gasteiger partial charge in [0.25, 0.3) is 0 Å². The van der Waals surface area contributed by atoms with E-state index in [0.29, 0.717) is 0 Å². The van der Waals surface area contributed by atoms with Crippen LogP contribution in [0.2, 0.25) is 0 Å². The molecule has 1 saturated carbocycles. The van der Waals surface area contributed by atoms with Crippen LogP contribution in [0.4, 0.5) is 0 Å². The summed E-state index contributed by atoms with van der Waals surface area (Å²) in [5.74, 6) is 4.60. The quantitative estimate of drug-likeness (QED) is 0.0251. The van der Waals surface area contributed by atoms with E-state index in [1.54, 1.807) is 0 Å². The predicted octanol–water partition coefficient (Wildman–Crippen LogP) is -7.62. The number of aliphatic hydroxyl groups is 12. The van der Waals surface area contributed by atoms with Crippen molar-refractivity contribution in [3.63, 3.8) is 0 Å². The molecule has 20 nitrogen and oxygen atoms in total. The standard InChI is InChI=1S/C33H50O18.2H2O/c1-5-8-19(39)17(6-2)24(42)31(47-10-9-34)51-30-22(15-38)48-32(27(45)26(30)44)50-28-16(12-35)11-23(33(4,46)18(28)7-3)49-29(21(41)14-37)25(43)20(40)13-36;;/h2,13,16-17,19-32,34-35,37-46H,3,9-12,14-15H2,1,4H3;2*1H2/t16?,17-,19?,20?,21-,22-,23?,24-,25?,26?,27?,28+,29+,30+,31-,32-,33-;;/m0../s1. The maximum atomic E-state index is 11.6. The van der Waals surface area contributed by atoms with Gasteiger partial charge in [0.1, 0.15) is 66.6 Å². The number of hydrogen-bond donors (Lipinski definition) is 12. The normalized spacial score (nSPS) is 33.0. The lowest BCUT2D eigenvalue weighted by atomic mass is 9.72.